The van der Waals surface area contributed by atoms with Crippen LogP contribution in [0.1, 0.15) is 12.5 Å². The number of benzene rings is 1. The van der Waals surface area contributed by atoms with Gasteiger partial charge in [-0.1, -0.05) is 0 Å². The highest BCUT2D eigenvalue weighted by molar-refractivity contribution is 14.1. The fourth-order valence-electron chi connectivity index (χ4n) is 1.31. The van der Waals surface area contributed by atoms with E-state index in [1.54, 1.807) is 7.05 Å². The molecule has 0 amide bonds. The number of nitrogens with zero attached hydrogens (tertiary/aromatic N) is 1. The zero-order chi connectivity index (χ0) is 10.1. The van der Waals surface area contributed by atoms with E-state index in [1.807, 2.05) is 19.1 Å². The lowest BCUT2D eigenvalue weighted by molar-refractivity contribution is 0.174. The number of hydrogen-bond donors (Lipinski definition) is 0. The number of fused-ring (bicyclic) bond motifs is 1. The molecule has 14 heavy (non-hydrogen) atoms. The summed E-state index contributed by atoms with van der Waals surface area (Å²) in [6, 6.07) is 3.96. The molecule has 0 radical (unpaired) electrons. The molecule has 4 heteroatoms. The highest BCUT2D eigenvalue weighted by Crippen LogP contribution is 2.35. The highest BCUT2D eigenvalue weighted by atomic mass is 127. The quantitative estimate of drug-likeness (QED) is 0.589. The van der Waals surface area contributed by atoms with Gasteiger partial charge in [0.1, 0.15) is 0 Å². The number of aliphatic imine (C=N–C) groups is 1. The summed E-state index contributed by atoms with van der Waals surface area (Å²) in [6.45, 7) is 2.30. The predicted molar refractivity (Wildman–Crippen MR) is 63.4 cm³/mol. The second-order valence-corrected chi connectivity index (χ2v) is 4.16. The van der Waals surface area contributed by atoms with Crippen LogP contribution < -0.4 is 9.47 Å². The highest BCUT2D eigenvalue weighted by Gasteiger charge is 2.16. The molecule has 1 aromatic rings. The van der Waals surface area contributed by atoms with Crippen molar-refractivity contribution in [1.29, 1.82) is 0 Å². The summed E-state index contributed by atoms with van der Waals surface area (Å²) in [7, 11) is 1.79. The third kappa shape index (κ3) is 1.58. The molecule has 0 saturated carbocycles. The van der Waals surface area contributed by atoms with E-state index >= 15 is 0 Å². The molecule has 0 spiro atoms. The lowest BCUT2D eigenvalue weighted by Crippen LogP contribution is -1.97. The van der Waals surface area contributed by atoms with Crippen molar-refractivity contribution in [3.8, 4) is 11.5 Å². The Kier molecular flexibility index (Phi) is 2.62. The molecule has 0 bridgehead atoms. The minimum absolute atomic E-state index is 0.317. The molecule has 0 N–H and O–H groups in total. The van der Waals surface area contributed by atoms with E-state index in [1.165, 1.54) is 0 Å². The van der Waals surface area contributed by atoms with Gasteiger partial charge < -0.3 is 9.47 Å². The summed E-state index contributed by atoms with van der Waals surface area (Å²) in [6.07, 6.45) is 0. The molecule has 0 aromatic heterocycles. The van der Waals surface area contributed by atoms with Crippen LogP contribution in [0.4, 0.5) is 0 Å². The van der Waals surface area contributed by atoms with Crippen LogP contribution in [0.5, 0.6) is 11.5 Å². The number of hydrogen-bond acceptors (Lipinski definition) is 3. The Hall–Kier alpha value is -0.780. The van der Waals surface area contributed by atoms with E-state index in [4.69, 9.17) is 9.47 Å². The maximum absolute atomic E-state index is 5.31. The molecule has 3 nitrogen and oxygen atoms in total. The van der Waals surface area contributed by atoms with Crippen LogP contribution >= 0.6 is 22.6 Å². The fraction of sp³-hybridized carbons (Fsp3) is 0.300. The van der Waals surface area contributed by atoms with Crippen molar-refractivity contribution in [2.24, 2.45) is 4.99 Å². The van der Waals surface area contributed by atoms with Crippen molar-refractivity contribution in [1.82, 2.24) is 0 Å². The van der Waals surface area contributed by atoms with Crippen LogP contribution in [0.15, 0.2) is 17.1 Å². The number of ether oxygens (including phenoxy) is 2. The molecular weight excluding hydrogens is 293 g/mol. The van der Waals surface area contributed by atoms with Crippen LogP contribution in [0.25, 0.3) is 0 Å². The SMILES string of the molecule is CN=C(C)c1cc2c(cc1I)OCO2. The summed E-state index contributed by atoms with van der Waals surface area (Å²) in [5, 5.41) is 0. The fourth-order valence-corrected chi connectivity index (χ4v) is 2.14. The van der Waals surface area contributed by atoms with Gasteiger partial charge in [-0.05, 0) is 41.6 Å². The third-order valence-corrected chi connectivity index (χ3v) is 3.08. The lowest BCUT2D eigenvalue weighted by atomic mass is 10.1. The lowest BCUT2D eigenvalue weighted by Gasteiger charge is -2.05. The molecule has 0 unspecified atom stereocenters. The Bertz CT molecular complexity index is 401. The third-order valence-electron chi connectivity index (χ3n) is 2.19. The van der Waals surface area contributed by atoms with E-state index in [0.717, 1.165) is 26.3 Å². The Morgan fingerprint density at radius 1 is 1.36 bits per heavy atom. The molecule has 1 heterocycles. The van der Waals surface area contributed by atoms with E-state index in [0.29, 0.717) is 6.79 Å². The van der Waals surface area contributed by atoms with Gasteiger partial charge in [0.2, 0.25) is 6.79 Å². The largest absolute Gasteiger partial charge is 0.454 e. The first kappa shape index (κ1) is 9.76. The number of halogens is 1. The zero-order valence-electron chi connectivity index (χ0n) is 8.00. The van der Waals surface area contributed by atoms with Gasteiger partial charge >= 0.3 is 0 Å². The molecule has 0 atom stereocenters. The topological polar surface area (TPSA) is 30.8 Å². The maximum Gasteiger partial charge on any atom is 0.231 e. The smallest absolute Gasteiger partial charge is 0.231 e. The summed E-state index contributed by atoms with van der Waals surface area (Å²) >= 11 is 2.28. The molecule has 1 aromatic carbocycles. The molecule has 2 rings (SSSR count). The first-order chi connectivity index (χ1) is 6.72. The molecule has 0 saturated heterocycles. The van der Waals surface area contributed by atoms with Crippen molar-refractivity contribution in [3.05, 3.63) is 21.3 Å². The zero-order valence-corrected chi connectivity index (χ0v) is 10.2. The standard InChI is InChI=1S/C10H10INO2/c1-6(12-2)7-3-9-10(4-8(7)11)14-5-13-9/h3-4H,5H2,1-2H3. The maximum atomic E-state index is 5.31. The van der Waals surface area contributed by atoms with Crippen molar-refractivity contribution < 1.29 is 9.47 Å². The summed E-state index contributed by atoms with van der Waals surface area (Å²) in [5.74, 6) is 1.63. The van der Waals surface area contributed by atoms with Gasteiger partial charge in [0.25, 0.3) is 0 Å². The van der Waals surface area contributed by atoms with Crippen molar-refractivity contribution in [2.45, 2.75) is 6.92 Å². The predicted octanol–water partition coefficient (Wildman–Crippen LogP) is 2.46. The van der Waals surface area contributed by atoms with Gasteiger partial charge in [-0.3, -0.25) is 4.99 Å². The molecule has 74 valence electrons. The molecule has 0 aliphatic carbocycles. The van der Waals surface area contributed by atoms with Crippen LogP contribution in [-0.2, 0) is 0 Å². The van der Waals surface area contributed by atoms with E-state index < -0.39 is 0 Å². The molecule has 0 fully saturated rings. The van der Waals surface area contributed by atoms with Gasteiger partial charge in [-0.15, -0.1) is 0 Å². The second-order valence-electron chi connectivity index (χ2n) is 2.99. The second kappa shape index (κ2) is 3.76. The Labute approximate surface area is 96.3 Å². The summed E-state index contributed by atoms with van der Waals surface area (Å²) in [5.41, 5.74) is 2.12. The van der Waals surface area contributed by atoms with Gasteiger partial charge in [-0.2, -0.15) is 0 Å². The van der Waals surface area contributed by atoms with Crippen molar-refractivity contribution in [2.75, 3.05) is 13.8 Å². The normalized spacial score (nSPS) is 14.6. The van der Waals surface area contributed by atoms with Crippen molar-refractivity contribution in [3.63, 3.8) is 0 Å². The van der Waals surface area contributed by atoms with Crippen LogP contribution in [0, 0.1) is 3.57 Å². The van der Waals surface area contributed by atoms with Gasteiger partial charge in [0.05, 0.1) is 0 Å². The Morgan fingerprint density at radius 2 is 2.00 bits per heavy atom. The Balaban J connectivity index is 2.53. The van der Waals surface area contributed by atoms with Gasteiger partial charge in [0.15, 0.2) is 11.5 Å². The minimum atomic E-state index is 0.317. The molecule has 1 aliphatic heterocycles. The molecule has 1 aliphatic rings. The van der Waals surface area contributed by atoms with E-state index in [-0.39, 0.29) is 0 Å². The first-order valence-electron chi connectivity index (χ1n) is 4.25. The first-order valence-corrected chi connectivity index (χ1v) is 5.33. The summed E-state index contributed by atoms with van der Waals surface area (Å²) < 4.78 is 11.7. The average Bonchev–Trinajstić information content (AvgIpc) is 2.62. The van der Waals surface area contributed by atoms with Crippen LogP contribution in [0.3, 0.4) is 0 Å². The monoisotopic (exact) mass is 303 g/mol. The molecular formula is C10H10INO2. The van der Waals surface area contributed by atoms with Crippen molar-refractivity contribution >= 4 is 28.3 Å². The average molecular weight is 303 g/mol. The summed E-state index contributed by atoms with van der Waals surface area (Å²) in [4.78, 5) is 4.16. The Morgan fingerprint density at radius 3 is 2.64 bits per heavy atom. The van der Waals surface area contributed by atoms with Gasteiger partial charge in [-0.25, -0.2) is 0 Å². The number of rotatable bonds is 1. The van der Waals surface area contributed by atoms with Crippen LogP contribution in [-0.4, -0.2) is 19.6 Å². The van der Waals surface area contributed by atoms with E-state index in [9.17, 15) is 0 Å². The van der Waals surface area contributed by atoms with Gasteiger partial charge in [0, 0.05) is 21.9 Å². The van der Waals surface area contributed by atoms with E-state index in [2.05, 4.69) is 27.6 Å². The minimum Gasteiger partial charge on any atom is -0.454 e. The van der Waals surface area contributed by atoms with Crippen LogP contribution in [0.2, 0.25) is 0 Å².